The maximum atomic E-state index is 13.5. The van der Waals surface area contributed by atoms with Gasteiger partial charge in [0.05, 0.1) is 38.6 Å². The summed E-state index contributed by atoms with van der Waals surface area (Å²) < 4.78 is 70.5. The highest BCUT2D eigenvalue weighted by Crippen LogP contribution is 2.65. The number of carboxylic acids is 1. The van der Waals surface area contributed by atoms with E-state index in [0.29, 0.717) is 38.9 Å². The minimum Gasteiger partial charge on any atom is -0.508 e. The van der Waals surface area contributed by atoms with Gasteiger partial charge in [-0.05, 0) is 54.2 Å². The zero-order valence-electron chi connectivity index (χ0n) is 37.0. The van der Waals surface area contributed by atoms with Crippen molar-refractivity contribution in [1.29, 1.82) is 0 Å². The van der Waals surface area contributed by atoms with E-state index in [4.69, 9.17) is 48.5 Å². The van der Waals surface area contributed by atoms with Crippen molar-refractivity contribution >= 4 is 55.6 Å². The number of hydrogen-bond donors (Lipinski definition) is 7. The van der Waals surface area contributed by atoms with Gasteiger partial charge in [-0.3, -0.25) is 37.2 Å². The quantitative estimate of drug-likeness (QED) is 0.0312. The summed E-state index contributed by atoms with van der Waals surface area (Å²) in [6, 6.07) is 14.3. The van der Waals surface area contributed by atoms with Gasteiger partial charge in [-0.25, -0.2) is 18.7 Å². The molecule has 362 valence electrons. The number of phenolic OH excluding ortho intramolecular Hbond substituents is 1. The lowest BCUT2D eigenvalue weighted by molar-refractivity contribution is -0.115. The number of phenols is 1. The first-order valence-electron chi connectivity index (χ1n) is 20.3. The number of aromatic amines is 1. The lowest BCUT2D eigenvalue weighted by Crippen LogP contribution is -2.52. The molecule has 67 heavy (non-hydrogen) atoms. The number of aromatic hydroxyl groups is 1. The van der Waals surface area contributed by atoms with Gasteiger partial charge in [-0.15, -0.1) is 0 Å². The maximum absolute atomic E-state index is 13.5. The van der Waals surface area contributed by atoms with Gasteiger partial charge in [0.15, 0.2) is 16.3 Å². The van der Waals surface area contributed by atoms with E-state index in [9.17, 15) is 48.7 Å². The number of thiocarbonyl (C=S) groups is 1. The highest BCUT2D eigenvalue weighted by molar-refractivity contribution is 7.80. The number of fused-ring (bicyclic) bond motifs is 2. The van der Waals surface area contributed by atoms with Gasteiger partial charge in [0.25, 0.3) is 5.56 Å². The number of anilines is 1. The van der Waals surface area contributed by atoms with E-state index < -0.39 is 74.8 Å². The minimum atomic E-state index is -4.75. The second-order valence-electron chi connectivity index (χ2n) is 17.1. The van der Waals surface area contributed by atoms with Crippen LogP contribution in [0.1, 0.15) is 38.1 Å². The minimum absolute atomic E-state index is 0.0629. The van der Waals surface area contributed by atoms with E-state index in [1.165, 1.54) is 30.3 Å². The average Bonchev–Trinajstić information content (AvgIpc) is 3.55. The number of ether oxygens (including phenoxy) is 2. The Hall–Kier alpha value is -5.13. The Kier molecular flexibility index (Phi) is 15.5. The molecule has 0 radical (unpaired) electrons. The van der Waals surface area contributed by atoms with Crippen LogP contribution in [0.5, 0.6) is 5.75 Å². The number of H-pyrrole nitrogens is 1. The van der Waals surface area contributed by atoms with Crippen molar-refractivity contribution in [3.8, 4) is 28.2 Å². The van der Waals surface area contributed by atoms with Crippen LogP contribution >= 0.6 is 27.9 Å². The number of carbonyl (C=O) groups is 1. The molecule has 0 spiro atoms. The summed E-state index contributed by atoms with van der Waals surface area (Å²) in [6.45, 7) is 6.21. The summed E-state index contributed by atoms with van der Waals surface area (Å²) in [5.74, 6) is -1.07. The lowest BCUT2D eigenvalue weighted by atomic mass is 9.90. The first-order chi connectivity index (χ1) is 31.4. The van der Waals surface area contributed by atoms with E-state index in [-0.39, 0.29) is 53.0 Å². The number of aliphatic hydroxyl groups excluding tert-OH is 1. The number of aliphatic hydroxyl groups is 2. The van der Waals surface area contributed by atoms with Crippen molar-refractivity contribution in [3.63, 3.8) is 0 Å². The van der Waals surface area contributed by atoms with Crippen LogP contribution in [-0.2, 0) is 46.7 Å². The largest absolute Gasteiger partial charge is 0.508 e. The fraction of sp³-hybridized carbons (Fsp3) is 0.405. The van der Waals surface area contributed by atoms with Crippen LogP contribution in [0.25, 0.3) is 33.4 Å². The predicted octanol–water partition coefficient (Wildman–Crippen LogP) is 4.84. The third-order valence-corrected chi connectivity index (χ3v) is 14.1. The zero-order valence-corrected chi connectivity index (χ0v) is 39.6. The third kappa shape index (κ3) is 12.1. The molecular weight excluding hydrogens is 942 g/mol. The Labute approximate surface area is 387 Å². The van der Waals surface area contributed by atoms with Crippen LogP contribution in [0.4, 0.5) is 5.69 Å². The molecule has 22 nitrogen and oxygen atoms in total. The number of nitrogens with zero attached hydrogens (tertiary/aromatic N) is 1. The van der Waals surface area contributed by atoms with Crippen molar-refractivity contribution in [3.05, 3.63) is 103 Å². The number of phosphoric acid groups is 2. The summed E-state index contributed by atoms with van der Waals surface area (Å²) in [4.78, 5) is 50.5. The molecule has 0 bridgehead atoms. The highest BCUT2D eigenvalue weighted by atomic mass is 32.1. The van der Waals surface area contributed by atoms with Crippen LogP contribution < -0.4 is 27.3 Å². The lowest BCUT2D eigenvalue weighted by Gasteiger charge is -2.30. The van der Waals surface area contributed by atoms with Gasteiger partial charge >= 0.3 is 27.3 Å². The monoisotopic (exact) mass is 992 g/mol. The molecule has 3 aromatic rings. The van der Waals surface area contributed by atoms with Crippen LogP contribution in [0.2, 0.25) is 0 Å². The number of nitrogens with one attached hydrogen (secondary N) is 3. The van der Waals surface area contributed by atoms with E-state index in [0.717, 1.165) is 26.5 Å². The third-order valence-electron chi connectivity index (χ3n) is 10.4. The molecular formula is C42H50N4O18P2S. The molecule has 0 amide bonds. The van der Waals surface area contributed by atoms with Crippen molar-refractivity contribution in [1.82, 2.24) is 14.9 Å². The van der Waals surface area contributed by atoms with Gasteiger partial charge in [0.1, 0.15) is 29.3 Å². The molecule has 5 atom stereocenters. The predicted molar refractivity (Wildman–Crippen MR) is 245 cm³/mol. The maximum Gasteiger partial charge on any atom is 0.483 e. The topological polar surface area (TPSA) is 306 Å². The first-order valence-corrected chi connectivity index (χ1v) is 23.6. The van der Waals surface area contributed by atoms with Crippen molar-refractivity contribution < 1.29 is 70.6 Å². The molecule has 25 heteroatoms. The summed E-state index contributed by atoms with van der Waals surface area (Å²) in [7, 11) is -7.49. The number of phosphoric ester groups is 2. The SMILES string of the molecule is COP(=O)(OCC1OCC(O)(n2ccc(=O)[nH]c2=O)C1O)OP(=O)(OC)OCC(C)(C)COCC(C)(C)CNC(=S)Nc1ccc(-c2c3ccc(=O)cc-3oc3cc(O)ccc23)c(C(=O)O)c1. The summed E-state index contributed by atoms with van der Waals surface area (Å²) >= 11 is 5.54. The molecule has 6 rings (SSSR count). The fourth-order valence-corrected chi connectivity index (χ4v) is 10.0. The molecule has 1 fully saturated rings. The molecule has 1 aliphatic carbocycles. The van der Waals surface area contributed by atoms with Crippen LogP contribution in [-0.4, -0.2) is 107 Å². The van der Waals surface area contributed by atoms with Gasteiger partial charge in [0, 0.05) is 78.2 Å². The van der Waals surface area contributed by atoms with Crippen LogP contribution in [0.15, 0.2) is 85.7 Å². The number of aromatic nitrogens is 2. The standard InChI is InChI=1S/C42H50N4O18P2S/c1-40(2,19-43-38(67)44-24-7-10-27(30(15-24)37(51)52)35-28-11-8-25(47)16-31(28)63-32-17-26(48)9-12-29(32)35)20-59-21-41(3,4)22-62-66(56,58-6)64-65(55,57-5)61-18-33-36(50)42(54,23-60-33)46-14-13-34(49)45-39(46)53/h7-17,33,36,47,50,54H,18-23H2,1-6H3,(H,51,52)(H2,43,44,67)(H,45,49,53). The van der Waals surface area contributed by atoms with E-state index >= 15 is 0 Å². The Bertz CT molecular complexity index is 2900. The Morgan fingerprint density at radius 3 is 2.31 bits per heavy atom. The average molecular weight is 993 g/mol. The second kappa shape index (κ2) is 20.2. The van der Waals surface area contributed by atoms with Crippen molar-refractivity contribution in [2.45, 2.75) is 45.6 Å². The summed E-state index contributed by atoms with van der Waals surface area (Å²) in [6.07, 6.45) is -2.27. The van der Waals surface area contributed by atoms with Gasteiger partial charge < -0.3 is 45.0 Å². The summed E-state index contributed by atoms with van der Waals surface area (Å²) in [5, 5.41) is 49.1. The molecule has 1 saturated heterocycles. The number of benzene rings is 3. The molecule has 2 aliphatic heterocycles. The normalized spacial score (nSPS) is 19.5. The smallest absolute Gasteiger partial charge is 0.483 e. The molecule has 5 unspecified atom stereocenters. The number of carboxylic acid groups (broad SMARTS) is 1. The van der Waals surface area contributed by atoms with Gasteiger partial charge in [0.2, 0.25) is 0 Å². The fourth-order valence-electron chi connectivity index (χ4n) is 6.90. The van der Waals surface area contributed by atoms with Crippen LogP contribution in [0.3, 0.4) is 0 Å². The van der Waals surface area contributed by atoms with Crippen molar-refractivity contribution in [2.75, 3.05) is 59.1 Å². The number of hydrogen-bond acceptors (Lipinski definition) is 18. The van der Waals surface area contributed by atoms with Gasteiger partial charge in [-0.2, -0.15) is 4.31 Å². The van der Waals surface area contributed by atoms with E-state index in [1.54, 1.807) is 38.1 Å². The summed E-state index contributed by atoms with van der Waals surface area (Å²) in [5.41, 5.74) is -3.83. The zero-order chi connectivity index (χ0) is 49.1. The molecule has 3 heterocycles. The second-order valence-corrected chi connectivity index (χ2v) is 21.2. The molecule has 0 saturated carbocycles. The highest BCUT2D eigenvalue weighted by Gasteiger charge is 2.51. The Morgan fingerprint density at radius 1 is 0.940 bits per heavy atom. The molecule has 1 aromatic heterocycles. The van der Waals surface area contributed by atoms with Gasteiger partial charge in [-0.1, -0.05) is 33.8 Å². The van der Waals surface area contributed by atoms with E-state index in [2.05, 4.69) is 10.6 Å². The Morgan fingerprint density at radius 2 is 1.63 bits per heavy atom. The molecule has 7 N–H and O–H groups in total. The van der Waals surface area contributed by atoms with Crippen LogP contribution in [0, 0.1) is 10.8 Å². The molecule has 2 aromatic carbocycles. The van der Waals surface area contributed by atoms with Crippen molar-refractivity contribution in [2.24, 2.45) is 10.8 Å². The Balaban J connectivity index is 0.999. The van der Waals surface area contributed by atoms with E-state index in [1.807, 2.05) is 18.8 Å². The number of rotatable bonds is 20. The molecule has 3 aliphatic rings. The first kappa shape index (κ1) is 51.3. The number of aromatic carboxylic acids is 1.